The van der Waals surface area contributed by atoms with Gasteiger partial charge in [-0.2, -0.15) is 0 Å². The van der Waals surface area contributed by atoms with E-state index in [1.807, 2.05) is 6.07 Å². The summed E-state index contributed by atoms with van der Waals surface area (Å²) < 4.78 is 6.17. The lowest BCUT2D eigenvalue weighted by molar-refractivity contribution is 0.409. The molecule has 2 N–H and O–H groups in total. The van der Waals surface area contributed by atoms with Gasteiger partial charge < -0.3 is 10.5 Å². The van der Waals surface area contributed by atoms with Crippen molar-refractivity contribution >= 4 is 34.2 Å². The second-order valence-corrected chi connectivity index (χ2v) is 3.87. The molecule has 1 aromatic carbocycles. The van der Waals surface area contributed by atoms with E-state index in [4.69, 9.17) is 22.1 Å². The lowest BCUT2D eigenvalue weighted by Gasteiger charge is -2.08. The Bertz CT molecular complexity index is 291. The fraction of sp³-hybridized carbons (Fsp3) is 0.250. The Morgan fingerprint density at radius 3 is 2.75 bits per heavy atom. The Labute approximate surface area is 90.2 Å². The predicted molar refractivity (Wildman–Crippen MR) is 58.6 cm³/mol. The minimum absolute atomic E-state index is 0.471. The van der Waals surface area contributed by atoms with E-state index in [1.165, 1.54) is 0 Å². The molecule has 0 aliphatic heterocycles. The fourth-order valence-electron chi connectivity index (χ4n) is 0.960. The molecule has 0 aliphatic carbocycles. The first-order chi connectivity index (χ1) is 5.69. The van der Waals surface area contributed by atoms with Gasteiger partial charge in [0.25, 0.3) is 0 Å². The van der Waals surface area contributed by atoms with Gasteiger partial charge in [0, 0.05) is 20.7 Å². The third-order valence-corrected chi connectivity index (χ3v) is 2.72. The van der Waals surface area contributed by atoms with Crippen LogP contribution < -0.4 is 10.5 Å². The van der Waals surface area contributed by atoms with E-state index < -0.39 is 0 Å². The minimum Gasteiger partial charge on any atom is -0.496 e. The van der Waals surface area contributed by atoms with E-state index in [9.17, 15) is 0 Å². The molecule has 0 saturated carbocycles. The van der Waals surface area contributed by atoms with Gasteiger partial charge in [-0.05, 0) is 34.7 Å². The average molecular weight is 298 g/mol. The van der Waals surface area contributed by atoms with E-state index in [1.54, 1.807) is 13.2 Å². The fourth-order valence-corrected chi connectivity index (χ4v) is 2.17. The van der Waals surface area contributed by atoms with E-state index in [2.05, 4.69) is 22.6 Å². The molecule has 0 unspecified atom stereocenters. The summed E-state index contributed by atoms with van der Waals surface area (Å²) in [6.45, 7) is 0.471. The zero-order valence-electron chi connectivity index (χ0n) is 6.60. The number of halogens is 2. The van der Waals surface area contributed by atoms with Crippen LogP contribution >= 0.6 is 34.2 Å². The van der Waals surface area contributed by atoms with Crippen molar-refractivity contribution in [3.05, 3.63) is 26.3 Å². The van der Waals surface area contributed by atoms with Gasteiger partial charge in [-0.3, -0.25) is 0 Å². The van der Waals surface area contributed by atoms with E-state index in [0.29, 0.717) is 11.6 Å². The molecule has 2 nitrogen and oxygen atoms in total. The highest BCUT2D eigenvalue weighted by molar-refractivity contribution is 14.1. The maximum absolute atomic E-state index is 5.83. The van der Waals surface area contributed by atoms with Crippen molar-refractivity contribution in [3.8, 4) is 5.75 Å². The van der Waals surface area contributed by atoms with Gasteiger partial charge in [0.05, 0.1) is 7.11 Å². The number of hydrogen-bond acceptors (Lipinski definition) is 2. The molecular weight excluding hydrogens is 288 g/mol. The molecule has 0 aliphatic rings. The standard InChI is InChI=1S/C8H9ClINO/c1-12-8-3-5(9)2-7(10)6(8)4-11/h2-3H,4,11H2,1H3. The summed E-state index contributed by atoms with van der Waals surface area (Å²) in [6.07, 6.45) is 0. The van der Waals surface area contributed by atoms with Crippen LogP contribution in [0.1, 0.15) is 5.56 Å². The van der Waals surface area contributed by atoms with Gasteiger partial charge >= 0.3 is 0 Å². The largest absolute Gasteiger partial charge is 0.496 e. The van der Waals surface area contributed by atoms with E-state index in [0.717, 1.165) is 14.9 Å². The van der Waals surface area contributed by atoms with Crippen LogP contribution in [0.2, 0.25) is 5.02 Å². The summed E-state index contributed by atoms with van der Waals surface area (Å²) in [7, 11) is 1.61. The van der Waals surface area contributed by atoms with E-state index in [-0.39, 0.29) is 0 Å². The van der Waals surface area contributed by atoms with Crippen LogP contribution in [0, 0.1) is 3.57 Å². The molecule has 0 amide bonds. The molecule has 1 rings (SSSR count). The summed E-state index contributed by atoms with van der Waals surface area (Å²) in [4.78, 5) is 0. The second kappa shape index (κ2) is 4.30. The lowest BCUT2D eigenvalue weighted by Crippen LogP contribution is -2.02. The van der Waals surface area contributed by atoms with Crippen LogP contribution in [0.3, 0.4) is 0 Å². The molecule has 12 heavy (non-hydrogen) atoms. The van der Waals surface area contributed by atoms with Crippen molar-refractivity contribution in [2.24, 2.45) is 5.73 Å². The van der Waals surface area contributed by atoms with Crippen LogP contribution in [0.4, 0.5) is 0 Å². The van der Waals surface area contributed by atoms with Crippen molar-refractivity contribution in [2.75, 3.05) is 7.11 Å². The molecule has 0 saturated heterocycles. The Morgan fingerprint density at radius 2 is 2.25 bits per heavy atom. The summed E-state index contributed by atoms with van der Waals surface area (Å²) in [6, 6.07) is 3.64. The Hall–Kier alpha value is -0.0000000000000000763. The summed E-state index contributed by atoms with van der Waals surface area (Å²) in [5.41, 5.74) is 6.55. The van der Waals surface area contributed by atoms with Crippen molar-refractivity contribution < 1.29 is 4.74 Å². The van der Waals surface area contributed by atoms with Gasteiger partial charge in [0.1, 0.15) is 5.75 Å². The third-order valence-electron chi connectivity index (χ3n) is 1.54. The molecule has 4 heteroatoms. The predicted octanol–water partition coefficient (Wildman–Crippen LogP) is 2.41. The van der Waals surface area contributed by atoms with Crippen LogP contribution in [0.25, 0.3) is 0 Å². The maximum atomic E-state index is 5.83. The molecule has 0 radical (unpaired) electrons. The highest BCUT2D eigenvalue weighted by atomic mass is 127. The Kier molecular flexibility index (Phi) is 3.61. The van der Waals surface area contributed by atoms with Crippen molar-refractivity contribution in [1.82, 2.24) is 0 Å². The van der Waals surface area contributed by atoms with Crippen LogP contribution in [0.5, 0.6) is 5.75 Å². The smallest absolute Gasteiger partial charge is 0.125 e. The quantitative estimate of drug-likeness (QED) is 0.851. The highest BCUT2D eigenvalue weighted by Crippen LogP contribution is 2.27. The average Bonchev–Trinajstić information content (AvgIpc) is 2.03. The number of benzene rings is 1. The molecule has 66 valence electrons. The molecule has 0 fully saturated rings. The monoisotopic (exact) mass is 297 g/mol. The lowest BCUT2D eigenvalue weighted by atomic mass is 10.2. The second-order valence-electron chi connectivity index (χ2n) is 2.27. The number of nitrogens with two attached hydrogens (primary N) is 1. The summed E-state index contributed by atoms with van der Waals surface area (Å²) in [5.74, 6) is 0.759. The molecule has 0 atom stereocenters. The molecule has 0 aromatic heterocycles. The number of methoxy groups -OCH3 is 1. The normalized spacial score (nSPS) is 10.0. The summed E-state index contributed by atoms with van der Waals surface area (Å²) >= 11 is 8.02. The maximum Gasteiger partial charge on any atom is 0.125 e. The zero-order chi connectivity index (χ0) is 9.14. The van der Waals surface area contributed by atoms with Gasteiger partial charge in [-0.1, -0.05) is 11.6 Å². The first kappa shape index (κ1) is 10.1. The Balaban J connectivity index is 3.24. The van der Waals surface area contributed by atoms with Crippen molar-refractivity contribution in [1.29, 1.82) is 0 Å². The number of rotatable bonds is 2. The first-order valence-electron chi connectivity index (χ1n) is 3.41. The zero-order valence-corrected chi connectivity index (χ0v) is 9.52. The first-order valence-corrected chi connectivity index (χ1v) is 4.86. The number of ether oxygens (including phenoxy) is 1. The third kappa shape index (κ3) is 2.02. The van der Waals surface area contributed by atoms with Gasteiger partial charge in [0.15, 0.2) is 0 Å². The SMILES string of the molecule is COc1cc(Cl)cc(I)c1CN. The number of hydrogen-bond donors (Lipinski definition) is 1. The minimum atomic E-state index is 0.471. The van der Waals surface area contributed by atoms with Crippen molar-refractivity contribution in [3.63, 3.8) is 0 Å². The van der Waals surface area contributed by atoms with Gasteiger partial charge in [-0.25, -0.2) is 0 Å². The van der Waals surface area contributed by atoms with E-state index >= 15 is 0 Å². The topological polar surface area (TPSA) is 35.2 Å². The van der Waals surface area contributed by atoms with Crippen LogP contribution in [0.15, 0.2) is 12.1 Å². The molecular formula is C8H9ClINO. The van der Waals surface area contributed by atoms with Gasteiger partial charge in [0.2, 0.25) is 0 Å². The molecule has 1 aromatic rings. The molecule has 0 heterocycles. The van der Waals surface area contributed by atoms with Crippen LogP contribution in [-0.2, 0) is 6.54 Å². The van der Waals surface area contributed by atoms with Crippen molar-refractivity contribution in [2.45, 2.75) is 6.54 Å². The molecule has 0 spiro atoms. The van der Waals surface area contributed by atoms with Gasteiger partial charge in [-0.15, -0.1) is 0 Å². The summed E-state index contributed by atoms with van der Waals surface area (Å²) in [5, 5.41) is 0.674. The Morgan fingerprint density at radius 1 is 1.58 bits per heavy atom. The molecule has 0 bridgehead atoms. The van der Waals surface area contributed by atoms with Crippen LogP contribution in [-0.4, -0.2) is 7.11 Å². The highest BCUT2D eigenvalue weighted by Gasteiger charge is 2.06.